The van der Waals surface area contributed by atoms with E-state index < -0.39 is 0 Å². The van der Waals surface area contributed by atoms with Gasteiger partial charge in [0.15, 0.2) is 0 Å². The summed E-state index contributed by atoms with van der Waals surface area (Å²) in [5, 5.41) is 20.8. The van der Waals surface area contributed by atoms with Gasteiger partial charge in [-0.2, -0.15) is 0 Å². The summed E-state index contributed by atoms with van der Waals surface area (Å²) >= 11 is 0. The van der Waals surface area contributed by atoms with Crippen LogP contribution < -0.4 is 0 Å². The zero-order valence-corrected chi connectivity index (χ0v) is 11.4. The van der Waals surface area contributed by atoms with Gasteiger partial charge >= 0.3 is 0 Å². The van der Waals surface area contributed by atoms with Crippen molar-refractivity contribution in [3.63, 3.8) is 0 Å². The summed E-state index contributed by atoms with van der Waals surface area (Å²) in [5.74, 6) is 0.658. The van der Waals surface area contributed by atoms with E-state index in [2.05, 4.69) is 20.8 Å². The van der Waals surface area contributed by atoms with Gasteiger partial charge in [0.2, 0.25) is 0 Å². The molecule has 0 saturated heterocycles. The number of aliphatic hydroxyl groups is 2. The number of aliphatic hydroxyl groups excluding tert-OH is 2. The molecule has 2 nitrogen and oxygen atoms in total. The van der Waals surface area contributed by atoms with Gasteiger partial charge < -0.3 is 10.2 Å². The van der Waals surface area contributed by atoms with Crippen molar-refractivity contribution in [1.82, 2.24) is 0 Å². The van der Waals surface area contributed by atoms with Gasteiger partial charge in [-0.25, -0.2) is 0 Å². The third kappa shape index (κ3) is 1.40. The Morgan fingerprint density at radius 3 is 2.35 bits per heavy atom. The summed E-state index contributed by atoms with van der Waals surface area (Å²) in [7, 11) is 0. The lowest BCUT2D eigenvalue weighted by molar-refractivity contribution is -0.144. The van der Waals surface area contributed by atoms with Crippen LogP contribution in [0.1, 0.15) is 59.3 Å². The molecule has 0 heterocycles. The van der Waals surface area contributed by atoms with E-state index >= 15 is 0 Å². The highest BCUT2D eigenvalue weighted by atomic mass is 16.3. The van der Waals surface area contributed by atoms with Crippen molar-refractivity contribution in [2.24, 2.45) is 22.2 Å². The molecule has 0 aromatic carbocycles. The number of fused-ring (bicyclic) bond motifs is 1. The molecule has 2 bridgehead atoms. The summed E-state index contributed by atoms with van der Waals surface area (Å²) < 4.78 is 0. The fourth-order valence-electron chi connectivity index (χ4n) is 5.56. The van der Waals surface area contributed by atoms with Crippen LogP contribution in [0, 0.1) is 22.2 Å². The molecule has 3 aliphatic carbocycles. The van der Waals surface area contributed by atoms with Crippen LogP contribution in [0.15, 0.2) is 0 Å². The molecular formula is C15H26O2. The Labute approximate surface area is 104 Å². The summed E-state index contributed by atoms with van der Waals surface area (Å²) in [6, 6.07) is 0. The molecule has 3 saturated carbocycles. The van der Waals surface area contributed by atoms with Gasteiger partial charge in [0.1, 0.15) is 0 Å². The molecule has 98 valence electrons. The first-order valence-corrected chi connectivity index (χ1v) is 7.16. The third-order valence-corrected chi connectivity index (χ3v) is 6.45. The molecule has 17 heavy (non-hydrogen) atoms. The van der Waals surface area contributed by atoms with E-state index in [9.17, 15) is 10.2 Å². The van der Waals surface area contributed by atoms with Crippen molar-refractivity contribution in [3.8, 4) is 0 Å². The topological polar surface area (TPSA) is 40.5 Å². The number of hydrogen-bond donors (Lipinski definition) is 2. The van der Waals surface area contributed by atoms with Gasteiger partial charge in [-0.1, -0.05) is 20.8 Å². The van der Waals surface area contributed by atoms with Gasteiger partial charge in [0, 0.05) is 5.41 Å². The fourth-order valence-corrected chi connectivity index (χ4v) is 5.56. The van der Waals surface area contributed by atoms with Crippen molar-refractivity contribution >= 4 is 0 Å². The maximum atomic E-state index is 10.6. The molecule has 3 rings (SSSR count). The maximum Gasteiger partial charge on any atom is 0.0604 e. The second kappa shape index (κ2) is 3.27. The van der Waals surface area contributed by atoms with E-state index in [1.54, 1.807) is 0 Å². The van der Waals surface area contributed by atoms with E-state index in [1.165, 1.54) is 6.42 Å². The molecule has 3 aliphatic rings. The largest absolute Gasteiger partial charge is 0.393 e. The molecule has 0 aromatic heterocycles. The van der Waals surface area contributed by atoms with E-state index in [0.29, 0.717) is 5.92 Å². The minimum Gasteiger partial charge on any atom is -0.393 e. The molecule has 2 unspecified atom stereocenters. The summed E-state index contributed by atoms with van der Waals surface area (Å²) in [6.45, 7) is 6.87. The van der Waals surface area contributed by atoms with Crippen LogP contribution in [0.4, 0.5) is 0 Å². The molecule has 0 aliphatic heterocycles. The van der Waals surface area contributed by atoms with Crippen LogP contribution in [0.5, 0.6) is 0 Å². The lowest BCUT2D eigenvalue weighted by Crippen LogP contribution is -2.54. The summed E-state index contributed by atoms with van der Waals surface area (Å²) in [4.78, 5) is 0. The second-order valence-electron chi connectivity index (χ2n) is 7.92. The van der Waals surface area contributed by atoms with Crippen molar-refractivity contribution in [3.05, 3.63) is 0 Å². The quantitative estimate of drug-likeness (QED) is 0.681. The molecule has 1 spiro atoms. The summed E-state index contributed by atoms with van der Waals surface area (Å²) in [5.41, 5.74) is 0.467. The number of rotatable bonds is 0. The Hall–Kier alpha value is -0.0800. The van der Waals surface area contributed by atoms with Gasteiger partial charge in [-0.05, 0) is 55.3 Å². The first-order chi connectivity index (χ1) is 7.80. The van der Waals surface area contributed by atoms with Gasteiger partial charge in [-0.15, -0.1) is 0 Å². The van der Waals surface area contributed by atoms with Gasteiger partial charge in [0.25, 0.3) is 0 Å². The standard InChI is InChI=1S/C15H26O2/c1-13(2)8-12(17)15-7-5-11(16)14(3,9-15)6-4-10(13)15/h10-12,16-17H,4-9H2,1-3H3/t10?,11-,12+,14?,15+/m1/s1. The first-order valence-electron chi connectivity index (χ1n) is 7.16. The Bertz CT molecular complexity index is 338. The van der Waals surface area contributed by atoms with Crippen molar-refractivity contribution in [2.45, 2.75) is 71.5 Å². The lowest BCUT2D eigenvalue weighted by atomic mass is 9.49. The second-order valence-corrected chi connectivity index (χ2v) is 7.92. The molecule has 0 aromatic rings. The average molecular weight is 238 g/mol. The van der Waals surface area contributed by atoms with Crippen molar-refractivity contribution in [1.29, 1.82) is 0 Å². The molecule has 2 N–H and O–H groups in total. The lowest BCUT2D eigenvalue weighted by Gasteiger charge is -2.57. The Morgan fingerprint density at radius 2 is 1.65 bits per heavy atom. The first kappa shape index (κ1) is 12.0. The highest BCUT2D eigenvalue weighted by Crippen LogP contribution is 2.68. The fraction of sp³-hybridized carbons (Fsp3) is 1.00. The van der Waals surface area contributed by atoms with Crippen molar-refractivity contribution < 1.29 is 10.2 Å². The van der Waals surface area contributed by atoms with Gasteiger partial charge in [-0.3, -0.25) is 0 Å². The van der Waals surface area contributed by atoms with Crippen LogP contribution >= 0.6 is 0 Å². The van der Waals surface area contributed by atoms with Crippen LogP contribution in [-0.4, -0.2) is 22.4 Å². The molecule has 5 atom stereocenters. The minimum absolute atomic E-state index is 0.0656. The zero-order chi connectivity index (χ0) is 12.5. The Morgan fingerprint density at radius 1 is 0.941 bits per heavy atom. The predicted octanol–water partition coefficient (Wildman–Crippen LogP) is 2.72. The molecule has 0 amide bonds. The molecule has 2 heteroatoms. The van der Waals surface area contributed by atoms with E-state index in [1.807, 2.05) is 0 Å². The van der Waals surface area contributed by atoms with Crippen molar-refractivity contribution in [2.75, 3.05) is 0 Å². The highest BCUT2D eigenvalue weighted by molar-refractivity contribution is 5.14. The molecular weight excluding hydrogens is 212 g/mol. The highest BCUT2D eigenvalue weighted by Gasteiger charge is 2.64. The smallest absolute Gasteiger partial charge is 0.0604 e. The minimum atomic E-state index is -0.148. The third-order valence-electron chi connectivity index (χ3n) is 6.45. The van der Waals surface area contributed by atoms with E-state index in [0.717, 1.165) is 32.1 Å². The van der Waals surface area contributed by atoms with E-state index in [4.69, 9.17) is 0 Å². The average Bonchev–Trinajstić information content (AvgIpc) is 2.41. The Balaban J connectivity index is 2.00. The van der Waals surface area contributed by atoms with Crippen LogP contribution in [-0.2, 0) is 0 Å². The maximum absolute atomic E-state index is 10.6. The van der Waals surface area contributed by atoms with Gasteiger partial charge in [0.05, 0.1) is 12.2 Å². The molecule has 0 radical (unpaired) electrons. The van der Waals surface area contributed by atoms with E-state index in [-0.39, 0.29) is 28.5 Å². The zero-order valence-electron chi connectivity index (χ0n) is 11.4. The normalized spacial score (nSPS) is 56.6. The van der Waals surface area contributed by atoms with Crippen LogP contribution in [0.3, 0.4) is 0 Å². The Kier molecular flexibility index (Phi) is 2.30. The summed E-state index contributed by atoms with van der Waals surface area (Å²) in [6.07, 6.45) is 5.94. The SMILES string of the molecule is CC1(C)C[C@H](O)[C@]23CC[C@@H](O)C(C)(CCC12)C3. The monoisotopic (exact) mass is 238 g/mol. The van der Waals surface area contributed by atoms with Crippen LogP contribution in [0.25, 0.3) is 0 Å². The number of hydrogen-bond acceptors (Lipinski definition) is 2. The van der Waals surface area contributed by atoms with Crippen LogP contribution in [0.2, 0.25) is 0 Å². The molecule has 3 fully saturated rings. The predicted molar refractivity (Wildman–Crippen MR) is 67.5 cm³/mol.